The standard InChI is InChI=1S/C13H16BrN3/c1-9-4-5-12(14)6-13(9)16-10(2)11-7-15-17(3)8-11/h4-8,10,16H,1-3H3. The van der Waals surface area contributed by atoms with E-state index in [4.69, 9.17) is 0 Å². The molecule has 3 nitrogen and oxygen atoms in total. The van der Waals surface area contributed by atoms with Crippen molar-refractivity contribution in [3.05, 3.63) is 46.2 Å². The molecule has 0 bridgehead atoms. The zero-order valence-electron chi connectivity index (χ0n) is 10.2. The maximum absolute atomic E-state index is 4.19. The molecule has 0 spiro atoms. The number of nitrogens with one attached hydrogen (secondary N) is 1. The van der Waals surface area contributed by atoms with Crippen LogP contribution in [0.15, 0.2) is 35.1 Å². The first kappa shape index (κ1) is 12.2. The van der Waals surface area contributed by atoms with Crippen LogP contribution in [0.25, 0.3) is 0 Å². The van der Waals surface area contributed by atoms with Crippen molar-refractivity contribution in [1.82, 2.24) is 9.78 Å². The summed E-state index contributed by atoms with van der Waals surface area (Å²) in [6, 6.07) is 6.50. The fourth-order valence-electron chi connectivity index (χ4n) is 1.73. The number of hydrogen-bond acceptors (Lipinski definition) is 2. The minimum absolute atomic E-state index is 0.247. The highest BCUT2D eigenvalue weighted by Crippen LogP contribution is 2.25. The van der Waals surface area contributed by atoms with E-state index in [0.29, 0.717) is 0 Å². The second-order valence-corrected chi connectivity index (χ2v) is 5.19. The summed E-state index contributed by atoms with van der Waals surface area (Å²) < 4.78 is 2.91. The van der Waals surface area contributed by atoms with E-state index in [9.17, 15) is 0 Å². The third kappa shape index (κ3) is 2.88. The maximum Gasteiger partial charge on any atom is 0.0542 e. The van der Waals surface area contributed by atoms with Crippen LogP contribution in [0, 0.1) is 6.92 Å². The molecule has 0 saturated heterocycles. The molecular formula is C13H16BrN3. The Morgan fingerprint density at radius 2 is 2.18 bits per heavy atom. The van der Waals surface area contributed by atoms with Gasteiger partial charge in [-0.1, -0.05) is 22.0 Å². The van der Waals surface area contributed by atoms with Gasteiger partial charge in [0.1, 0.15) is 0 Å². The molecule has 1 heterocycles. The Hall–Kier alpha value is -1.29. The molecule has 2 aromatic rings. The lowest BCUT2D eigenvalue weighted by molar-refractivity contribution is 0.765. The molecule has 0 aliphatic heterocycles. The largest absolute Gasteiger partial charge is 0.378 e. The fourth-order valence-corrected chi connectivity index (χ4v) is 2.09. The third-order valence-corrected chi connectivity index (χ3v) is 3.29. The van der Waals surface area contributed by atoms with Gasteiger partial charge in [0.2, 0.25) is 0 Å². The van der Waals surface area contributed by atoms with Gasteiger partial charge in [-0.3, -0.25) is 4.68 Å². The lowest BCUT2D eigenvalue weighted by Gasteiger charge is -2.16. The zero-order valence-corrected chi connectivity index (χ0v) is 11.8. The Morgan fingerprint density at radius 1 is 1.41 bits per heavy atom. The van der Waals surface area contributed by atoms with Gasteiger partial charge in [0.25, 0.3) is 0 Å². The Morgan fingerprint density at radius 3 is 2.82 bits per heavy atom. The lowest BCUT2D eigenvalue weighted by atomic mass is 10.1. The van der Waals surface area contributed by atoms with Crippen LogP contribution in [0.4, 0.5) is 5.69 Å². The summed E-state index contributed by atoms with van der Waals surface area (Å²) in [6.07, 6.45) is 3.93. The number of aromatic nitrogens is 2. The molecule has 1 atom stereocenters. The molecule has 90 valence electrons. The molecule has 0 aliphatic rings. The Kier molecular flexibility index (Phi) is 3.52. The first-order chi connectivity index (χ1) is 8.06. The topological polar surface area (TPSA) is 29.9 Å². The minimum Gasteiger partial charge on any atom is -0.378 e. The highest BCUT2D eigenvalue weighted by molar-refractivity contribution is 9.10. The monoisotopic (exact) mass is 293 g/mol. The Balaban J connectivity index is 2.18. The van der Waals surface area contributed by atoms with E-state index < -0.39 is 0 Å². The predicted octanol–water partition coefficient (Wildman–Crippen LogP) is 3.66. The summed E-state index contributed by atoms with van der Waals surface area (Å²) in [7, 11) is 1.93. The third-order valence-electron chi connectivity index (χ3n) is 2.80. The Labute approximate surface area is 110 Å². The van der Waals surface area contributed by atoms with Crippen molar-refractivity contribution in [2.75, 3.05) is 5.32 Å². The molecule has 1 aromatic carbocycles. The minimum atomic E-state index is 0.247. The Bertz CT molecular complexity index is 519. The van der Waals surface area contributed by atoms with E-state index in [0.717, 1.165) is 10.2 Å². The smallest absolute Gasteiger partial charge is 0.0542 e. The predicted molar refractivity (Wildman–Crippen MR) is 74.1 cm³/mol. The van der Waals surface area contributed by atoms with Gasteiger partial charge in [0.05, 0.1) is 12.2 Å². The van der Waals surface area contributed by atoms with E-state index in [1.807, 2.05) is 24.1 Å². The number of hydrogen-bond donors (Lipinski definition) is 1. The van der Waals surface area contributed by atoms with Crippen LogP contribution in [0.1, 0.15) is 24.1 Å². The summed E-state index contributed by atoms with van der Waals surface area (Å²) in [4.78, 5) is 0. The molecular weight excluding hydrogens is 278 g/mol. The van der Waals surface area contributed by atoms with Crippen molar-refractivity contribution in [1.29, 1.82) is 0 Å². The van der Waals surface area contributed by atoms with Gasteiger partial charge in [-0.2, -0.15) is 5.10 Å². The first-order valence-corrected chi connectivity index (χ1v) is 6.37. The summed E-state index contributed by atoms with van der Waals surface area (Å²) >= 11 is 3.49. The van der Waals surface area contributed by atoms with Gasteiger partial charge in [-0.25, -0.2) is 0 Å². The number of nitrogens with zero attached hydrogens (tertiary/aromatic N) is 2. The van der Waals surface area contributed by atoms with Gasteiger partial charge in [-0.15, -0.1) is 0 Å². The molecule has 2 rings (SSSR count). The van der Waals surface area contributed by atoms with Crippen molar-refractivity contribution in [2.45, 2.75) is 19.9 Å². The number of benzene rings is 1. The van der Waals surface area contributed by atoms with Crippen molar-refractivity contribution < 1.29 is 0 Å². The summed E-state index contributed by atoms with van der Waals surface area (Å²) in [5.74, 6) is 0. The van der Waals surface area contributed by atoms with E-state index in [1.165, 1.54) is 11.1 Å². The van der Waals surface area contributed by atoms with Crippen LogP contribution < -0.4 is 5.32 Å². The average Bonchev–Trinajstić information content (AvgIpc) is 2.70. The molecule has 0 amide bonds. The van der Waals surface area contributed by atoms with Crippen molar-refractivity contribution >= 4 is 21.6 Å². The van der Waals surface area contributed by atoms with E-state index >= 15 is 0 Å². The summed E-state index contributed by atoms with van der Waals surface area (Å²) in [5, 5.41) is 7.68. The highest BCUT2D eigenvalue weighted by Gasteiger charge is 2.08. The van der Waals surface area contributed by atoms with E-state index in [-0.39, 0.29) is 6.04 Å². The van der Waals surface area contributed by atoms with Crippen LogP contribution in [-0.2, 0) is 7.05 Å². The molecule has 4 heteroatoms. The lowest BCUT2D eigenvalue weighted by Crippen LogP contribution is -2.06. The van der Waals surface area contributed by atoms with Gasteiger partial charge < -0.3 is 5.32 Å². The van der Waals surface area contributed by atoms with Crippen molar-refractivity contribution in [2.24, 2.45) is 7.05 Å². The molecule has 0 aliphatic carbocycles. The first-order valence-electron chi connectivity index (χ1n) is 5.57. The van der Waals surface area contributed by atoms with Crippen LogP contribution in [0.2, 0.25) is 0 Å². The SMILES string of the molecule is Cc1ccc(Br)cc1NC(C)c1cnn(C)c1. The van der Waals surface area contributed by atoms with E-state index in [2.05, 4.69) is 58.4 Å². The molecule has 0 radical (unpaired) electrons. The van der Waals surface area contributed by atoms with E-state index in [1.54, 1.807) is 0 Å². The fraction of sp³-hybridized carbons (Fsp3) is 0.308. The van der Waals surface area contributed by atoms with Gasteiger partial charge in [0, 0.05) is 29.0 Å². The molecule has 1 N–H and O–H groups in total. The zero-order chi connectivity index (χ0) is 12.4. The number of anilines is 1. The quantitative estimate of drug-likeness (QED) is 0.936. The second kappa shape index (κ2) is 4.92. The van der Waals surface area contributed by atoms with Crippen molar-refractivity contribution in [3.8, 4) is 0 Å². The highest BCUT2D eigenvalue weighted by atomic mass is 79.9. The molecule has 0 fully saturated rings. The van der Waals surface area contributed by atoms with Gasteiger partial charge >= 0.3 is 0 Å². The van der Waals surface area contributed by atoms with Crippen molar-refractivity contribution in [3.63, 3.8) is 0 Å². The number of aryl methyl sites for hydroxylation is 2. The van der Waals surface area contributed by atoms with Gasteiger partial charge in [0.15, 0.2) is 0 Å². The second-order valence-electron chi connectivity index (χ2n) is 4.27. The van der Waals surface area contributed by atoms with Crippen LogP contribution in [0.5, 0.6) is 0 Å². The van der Waals surface area contributed by atoms with Crippen LogP contribution in [-0.4, -0.2) is 9.78 Å². The van der Waals surface area contributed by atoms with Crippen LogP contribution >= 0.6 is 15.9 Å². The van der Waals surface area contributed by atoms with Gasteiger partial charge in [-0.05, 0) is 31.5 Å². The average molecular weight is 294 g/mol. The molecule has 1 unspecified atom stereocenters. The summed E-state index contributed by atoms with van der Waals surface area (Å²) in [5.41, 5.74) is 3.58. The number of rotatable bonds is 3. The maximum atomic E-state index is 4.19. The normalized spacial score (nSPS) is 12.5. The number of halogens is 1. The molecule has 1 aromatic heterocycles. The van der Waals surface area contributed by atoms with Crippen LogP contribution in [0.3, 0.4) is 0 Å². The molecule has 0 saturated carbocycles. The summed E-state index contributed by atoms with van der Waals surface area (Å²) in [6.45, 7) is 4.24. The molecule has 17 heavy (non-hydrogen) atoms.